The summed E-state index contributed by atoms with van der Waals surface area (Å²) in [6, 6.07) is 4.91. The van der Waals surface area contributed by atoms with Crippen molar-refractivity contribution in [1.82, 2.24) is 4.90 Å². The van der Waals surface area contributed by atoms with Crippen molar-refractivity contribution in [2.45, 2.75) is 69.5 Å². The van der Waals surface area contributed by atoms with Crippen LogP contribution in [-0.4, -0.2) is 36.7 Å². The molecule has 0 spiro atoms. The fourth-order valence-electron chi connectivity index (χ4n) is 4.57. The number of ether oxygens (including phenoxy) is 2. The first-order chi connectivity index (χ1) is 11.3. The van der Waals surface area contributed by atoms with Crippen LogP contribution in [0.15, 0.2) is 12.1 Å². The van der Waals surface area contributed by atoms with E-state index in [1.807, 2.05) is 0 Å². The zero-order valence-corrected chi connectivity index (χ0v) is 13.9. The molecule has 2 saturated carbocycles. The Labute approximate surface area is 137 Å². The Morgan fingerprint density at radius 3 is 2.35 bits per heavy atom. The molecule has 0 radical (unpaired) electrons. The van der Waals surface area contributed by atoms with Crippen LogP contribution in [0.5, 0.6) is 11.5 Å². The first-order valence-corrected chi connectivity index (χ1v) is 9.03. The molecule has 1 heterocycles. The number of hydrogen-bond donors (Lipinski definition) is 0. The summed E-state index contributed by atoms with van der Waals surface area (Å²) in [6.07, 6.45) is 10.1. The number of methoxy groups -OCH3 is 1. The number of fused-ring (bicyclic) bond motifs is 1. The average Bonchev–Trinajstić information content (AvgIpc) is 3.05. The lowest BCUT2D eigenvalue weighted by Crippen LogP contribution is -2.55. The lowest BCUT2D eigenvalue weighted by molar-refractivity contribution is 0.00878. The average molecular weight is 319 g/mol. The topological polar surface area (TPSA) is 21.7 Å². The van der Waals surface area contributed by atoms with Gasteiger partial charge in [-0.25, -0.2) is 4.39 Å². The van der Waals surface area contributed by atoms with Crippen molar-refractivity contribution < 1.29 is 13.9 Å². The van der Waals surface area contributed by atoms with Gasteiger partial charge in [0, 0.05) is 23.7 Å². The smallest absolute Gasteiger partial charge is 0.165 e. The van der Waals surface area contributed by atoms with Gasteiger partial charge in [0.2, 0.25) is 0 Å². The lowest BCUT2D eigenvalue weighted by atomic mass is 9.87. The Kier molecular flexibility index (Phi) is 4.18. The Bertz CT molecular complexity index is 567. The van der Waals surface area contributed by atoms with Gasteiger partial charge in [-0.2, -0.15) is 0 Å². The third-order valence-electron chi connectivity index (χ3n) is 5.91. The molecule has 0 saturated heterocycles. The normalized spacial score (nSPS) is 25.1. The molecule has 1 atom stereocenters. The summed E-state index contributed by atoms with van der Waals surface area (Å²) < 4.78 is 25.4. The summed E-state index contributed by atoms with van der Waals surface area (Å²) in [7, 11) is 1.65. The molecular formula is C19H26FNO2. The van der Waals surface area contributed by atoms with E-state index in [-0.39, 0.29) is 5.82 Å². The molecule has 1 aromatic carbocycles. The summed E-state index contributed by atoms with van der Waals surface area (Å²) >= 11 is 0. The van der Waals surface area contributed by atoms with Gasteiger partial charge in [-0.15, -0.1) is 0 Å². The van der Waals surface area contributed by atoms with E-state index in [9.17, 15) is 4.39 Å². The van der Waals surface area contributed by atoms with Gasteiger partial charge in [-0.05, 0) is 44.2 Å². The van der Waals surface area contributed by atoms with Crippen LogP contribution < -0.4 is 9.47 Å². The van der Waals surface area contributed by atoms with Gasteiger partial charge < -0.3 is 9.47 Å². The lowest BCUT2D eigenvalue weighted by Gasteiger charge is -2.47. The Balaban J connectivity index is 1.61. The van der Waals surface area contributed by atoms with Crippen LogP contribution in [-0.2, 0) is 6.42 Å². The van der Waals surface area contributed by atoms with Crippen LogP contribution in [0, 0.1) is 5.82 Å². The van der Waals surface area contributed by atoms with Crippen LogP contribution in [0.3, 0.4) is 0 Å². The van der Waals surface area contributed by atoms with Crippen molar-refractivity contribution in [3.05, 3.63) is 23.5 Å². The summed E-state index contributed by atoms with van der Waals surface area (Å²) in [6.45, 7) is 0.601. The van der Waals surface area contributed by atoms with Crippen LogP contribution in [0.2, 0.25) is 0 Å². The molecule has 23 heavy (non-hydrogen) atoms. The maximum absolute atomic E-state index is 14.1. The molecule has 126 valence electrons. The van der Waals surface area contributed by atoms with Gasteiger partial charge in [-0.1, -0.05) is 19.3 Å². The zero-order chi connectivity index (χ0) is 15.8. The molecule has 0 N–H and O–H groups in total. The van der Waals surface area contributed by atoms with Crippen LogP contribution in [0.25, 0.3) is 0 Å². The Morgan fingerprint density at radius 1 is 1.04 bits per heavy atom. The minimum absolute atomic E-state index is 0.268. The molecule has 2 aliphatic carbocycles. The second-order valence-electron chi connectivity index (χ2n) is 7.20. The van der Waals surface area contributed by atoms with Crippen molar-refractivity contribution in [2.24, 2.45) is 0 Å². The van der Waals surface area contributed by atoms with Crippen molar-refractivity contribution in [1.29, 1.82) is 0 Å². The Hall–Kier alpha value is -1.29. The molecule has 0 aromatic heterocycles. The fourth-order valence-corrected chi connectivity index (χ4v) is 4.57. The molecule has 3 nitrogen and oxygen atoms in total. The monoisotopic (exact) mass is 319 g/mol. The molecule has 1 aromatic rings. The van der Waals surface area contributed by atoms with Crippen LogP contribution >= 0.6 is 0 Å². The fraction of sp³-hybridized carbons (Fsp3) is 0.684. The van der Waals surface area contributed by atoms with Gasteiger partial charge in [0.1, 0.15) is 12.4 Å². The standard InChI is InChI=1S/C19H26FNO2/c1-22-18-10-9-17(20)19-16(18)11-15(12-23-19)21(14-7-4-8-14)13-5-2-3-6-13/h9-10,13-15H,2-8,11-12H2,1H3/t15-/m0/s1. The van der Waals surface area contributed by atoms with Crippen molar-refractivity contribution in [3.63, 3.8) is 0 Å². The molecule has 4 heteroatoms. The van der Waals surface area contributed by atoms with E-state index in [1.54, 1.807) is 13.2 Å². The van der Waals surface area contributed by atoms with E-state index in [4.69, 9.17) is 9.47 Å². The van der Waals surface area contributed by atoms with Crippen molar-refractivity contribution in [2.75, 3.05) is 13.7 Å². The molecule has 1 aliphatic heterocycles. The third kappa shape index (κ3) is 2.71. The third-order valence-corrected chi connectivity index (χ3v) is 5.91. The molecule has 0 unspecified atom stereocenters. The van der Waals surface area contributed by atoms with Crippen molar-refractivity contribution >= 4 is 0 Å². The van der Waals surface area contributed by atoms with E-state index < -0.39 is 0 Å². The number of nitrogens with zero attached hydrogens (tertiary/aromatic N) is 1. The summed E-state index contributed by atoms with van der Waals surface area (Å²) in [5, 5.41) is 0. The highest BCUT2D eigenvalue weighted by Gasteiger charge is 2.39. The van der Waals surface area contributed by atoms with Gasteiger partial charge in [0.15, 0.2) is 11.6 Å². The van der Waals surface area contributed by atoms with Gasteiger partial charge in [0.05, 0.1) is 7.11 Å². The zero-order valence-electron chi connectivity index (χ0n) is 13.9. The quantitative estimate of drug-likeness (QED) is 0.839. The predicted molar refractivity (Wildman–Crippen MR) is 87.7 cm³/mol. The number of halogens is 1. The van der Waals surface area contributed by atoms with Gasteiger partial charge in [0.25, 0.3) is 0 Å². The first kappa shape index (κ1) is 15.3. The Morgan fingerprint density at radius 2 is 1.74 bits per heavy atom. The minimum Gasteiger partial charge on any atom is -0.496 e. The highest BCUT2D eigenvalue weighted by molar-refractivity contribution is 5.47. The number of rotatable bonds is 4. The van der Waals surface area contributed by atoms with E-state index in [2.05, 4.69) is 4.90 Å². The van der Waals surface area contributed by atoms with E-state index >= 15 is 0 Å². The summed E-state index contributed by atoms with van der Waals surface area (Å²) in [5.74, 6) is 0.891. The SMILES string of the molecule is COc1ccc(F)c2c1C[C@H](N(C1CCCC1)C1CCC1)CO2. The molecule has 4 rings (SSSR count). The number of benzene rings is 1. The predicted octanol–water partition coefficient (Wildman–Crippen LogP) is 3.93. The maximum Gasteiger partial charge on any atom is 0.165 e. The highest BCUT2D eigenvalue weighted by Crippen LogP contribution is 2.40. The van der Waals surface area contributed by atoms with E-state index in [0.717, 1.165) is 17.7 Å². The second-order valence-corrected chi connectivity index (χ2v) is 7.20. The van der Waals surface area contributed by atoms with Gasteiger partial charge in [-0.3, -0.25) is 4.90 Å². The van der Waals surface area contributed by atoms with E-state index in [0.29, 0.717) is 30.5 Å². The summed E-state index contributed by atoms with van der Waals surface area (Å²) in [5.41, 5.74) is 0.908. The molecular weight excluding hydrogens is 293 g/mol. The van der Waals surface area contributed by atoms with Gasteiger partial charge >= 0.3 is 0 Å². The summed E-state index contributed by atoms with van der Waals surface area (Å²) in [4.78, 5) is 2.73. The largest absolute Gasteiger partial charge is 0.496 e. The van der Waals surface area contributed by atoms with E-state index in [1.165, 1.54) is 51.0 Å². The van der Waals surface area contributed by atoms with Crippen molar-refractivity contribution in [3.8, 4) is 11.5 Å². The number of hydrogen-bond acceptors (Lipinski definition) is 3. The first-order valence-electron chi connectivity index (χ1n) is 9.03. The molecule has 3 aliphatic rings. The second kappa shape index (κ2) is 6.31. The molecule has 2 fully saturated rings. The molecule has 0 amide bonds. The van der Waals surface area contributed by atoms with Crippen LogP contribution in [0.4, 0.5) is 4.39 Å². The highest BCUT2D eigenvalue weighted by atomic mass is 19.1. The minimum atomic E-state index is -0.268. The van der Waals surface area contributed by atoms with Crippen LogP contribution in [0.1, 0.15) is 50.5 Å². The molecule has 0 bridgehead atoms. The maximum atomic E-state index is 14.1.